The van der Waals surface area contributed by atoms with Gasteiger partial charge < -0.3 is 0 Å². The van der Waals surface area contributed by atoms with E-state index in [0.29, 0.717) is 25.0 Å². The number of halogens is 1. The van der Waals surface area contributed by atoms with E-state index in [9.17, 15) is 17.6 Å². The Hall–Kier alpha value is -3.13. The third-order valence-corrected chi connectivity index (χ3v) is 11.2. The molecule has 2 atom stereocenters. The molecule has 0 bridgehead atoms. The molecule has 6 nitrogen and oxygen atoms in total. The van der Waals surface area contributed by atoms with E-state index in [-0.39, 0.29) is 23.3 Å². The lowest BCUT2D eigenvalue weighted by molar-refractivity contribution is 0.0796. The van der Waals surface area contributed by atoms with E-state index in [1.807, 2.05) is 6.08 Å². The zero-order chi connectivity index (χ0) is 25.6. The first-order chi connectivity index (χ1) is 17.9. The van der Waals surface area contributed by atoms with Crippen LogP contribution in [-0.2, 0) is 16.3 Å². The number of benzene rings is 1. The number of nitrogens with zero attached hydrogens (tertiary/aromatic N) is 3. The molecule has 37 heavy (non-hydrogen) atoms. The second-order valence-electron chi connectivity index (χ2n) is 10.6. The van der Waals surface area contributed by atoms with Crippen molar-refractivity contribution in [1.29, 1.82) is 0 Å². The summed E-state index contributed by atoms with van der Waals surface area (Å²) in [7, 11) is -3.36. The van der Waals surface area contributed by atoms with Crippen LogP contribution < -0.4 is 0 Å². The summed E-state index contributed by atoms with van der Waals surface area (Å²) < 4.78 is 42.9. The smallest absolute Gasteiger partial charge is 0.191 e. The van der Waals surface area contributed by atoms with Crippen LogP contribution in [0.4, 0.5) is 4.39 Å². The maximum Gasteiger partial charge on any atom is 0.191 e. The second kappa shape index (κ2) is 9.31. The topological polar surface area (TPSA) is 81.9 Å². The van der Waals surface area contributed by atoms with E-state index in [2.05, 4.69) is 10.1 Å². The van der Waals surface area contributed by atoms with Gasteiger partial charge in [0.15, 0.2) is 15.6 Å². The molecule has 0 saturated heterocycles. The molecular weight excluding hydrogens is 489 g/mol. The molecule has 3 aromatic rings. The fraction of sp³-hybridized carbons (Fsp3) is 0.414. The van der Waals surface area contributed by atoms with Gasteiger partial charge in [0.25, 0.3) is 0 Å². The Kier molecular flexibility index (Phi) is 6.10. The van der Waals surface area contributed by atoms with Crippen molar-refractivity contribution in [3.8, 4) is 5.69 Å². The summed E-state index contributed by atoms with van der Waals surface area (Å²) in [4.78, 5) is 18.5. The van der Waals surface area contributed by atoms with Crippen LogP contribution in [-0.4, -0.2) is 39.5 Å². The summed E-state index contributed by atoms with van der Waals surface area (Å²) in [6.07, 6.45) is 11.5. The van der Waals surface area contributed by atoms with Gasteiger partial charge >= 0.3 is 0 Å². The van der Waals surface area contributed by atoms with Crippen LogP contribution in [0.3, 0.4) is 0 Å². The van der Waals surface area contributed by atoms with Crippen LogP contribution >= 0.6 is 0 Å². The third kappa shape index (κ3) is 4.15. The van der Waals surface area contributed by atoms with Crippen molar-refractivity contribution in [2.75, 3.05) is 0 Å². The summed E-state index contributed by atoms with van der Waals surface area (Å²) in [5, 5.41) is 3.71. The van der Waals surface area contributed by atoms with Crippen LogP contribution in [0.2, 0.25) is 0 Å². The normalized spacial score (nSPS) is 24.1. The molecule has 2 aromatic heterocycles. The second-order valence-corrected chi connectivity index (χ2v) is 13.1. The molecule has 0 spiro atoms. The minimum Gasteiger partial charge on any atom is -0.291 e. The van der Waals surface area contributed by atoms with Crippen molar-refractivity contribution in [3.63, 3.8) is 0 Å². The fourth-order valence-electron chi connectivity index (χ4n) is 6.54. The summed E-state index contributed by atoms with van der Waals surface area (Å²) in [6, 6.07) is 11.4. The molecule has 2 saturated carbocycles. The van der Waals surface area contributed by atoms with E-state index >= 15 is 0 Å². The quantitative estimate of drug-likeness (QED) is 0.415. The maximum atomic E-state index is 14.2. The molecule has 0 radical (unpaired) electrons. The maximum absolute atomic E-state index is 14.2. The zero-order valence-electron chi connectivity index (χ0n) is 20.6. The first kappa shape index (κ1) is 24.2. The van der Waals surface area contributed by atoms with Crippen LogP contribution in [0.15, 0.2) is 60.4 Å². The number of carbonyl (C=O) groups excluding carboxylic acids is 1. The standard InChI is InChI=1S/C29H30FN3O3S/c30-22-10-12-23(13-11-22)33-27-16-21-9-14-25(37(35,36)24-6-2-1-3-7-24)18-29(21,17-20(27)19-32-33)28(34)26-8-4-5-15-31-26/h4-5,8,10-13,15-16,19,24-25H,1-3,6-7,9,14,17-18H2/t25-,29-/m0/s1. The Balaban J connectivity index is 1.42. The van der Waals surface area contributed by atoms with Gasteiger partial charge in [0, 0.05) is 6.20 Å². The predicted molar refractivity (Wildman–Crippen MR) is 140 cm³/mol. The third-order valence-electron chi connectivity index (χ3n) is 8.50. The van der Waals surface area contributed by atoms with Crippen molar-refractivity contribution in [2.24, 2.45) is 5.41 Å². The number of hydrogen-bond acceptors (Lipinski definition) is 5. The Morgan fingerprint density at radius 1 is 1.00 bits per heavy atom. The number of ketones is 1. The summed E-state index contributed by atoms with van der Waals surface area (Å²) in [5.41, 5.74) is 2.81. The first-order valence-corrected chi connectivity index (χ1v) is 14.7. The molecule has 8 heteroatoms. The van der Waals surface area contributed by atoms with Gasteiger partial charge in [-0.3, -0.25) is 9.78 Å². The van der Waals surface area contributed by atoms with Crippen molar-refractivity contribution < 1.29 is 17.6 Å². The molecule has 192 valence electrons. The van der Waals surface area contributed by atoms with Crippen molar-refractivity contribution in [1.82, 2.24) is 14.8 Å². The molecule has 2 fully saturated rings. The van der Waals surface area contributed by atoms with Gasteiger partial charge in [0.2, 0.25) is 0 Å². The van der Waals surface area contributed by atoms with Gasteiger partial charge in [-0.25, -0.2) is 17.5 Å². The summed E-state index contributed by atoms with van der Waals surface area (Å²) in [6.45, 7) is 0. The molecule has 3 aliphatic carbocycles. The van der Waals surface area contributed by atoms with Gasteiger partial charge in [0.05, 0.1) is 33.5 Å². The van der Waals surface area contributed by atoms with Crippen LogP contribution in [0.25, 0.3) is 11.8 Å². The van der Waals surface area contributed by atoms with Crippen LogP contribution in [0, 0.1) is 11.2 Å². The molecular formula is C29H30FN3O3S. The molecule has 2 heterocycles. The zero-order valence-corrected chi connectivity index (χ0v) is 21.5. The van der Waals surface area contributed by atoms with Crippen LogP contribution in [0.1, 0.15) is 73.1 Å². The Morgan fingerprint density at radius 3 is 2.51 bits per heavy atom. The van der Waals surface area contributed by atoms with Crippen molar-refractivity contribution in [3.05, 3.63) is 83.2 Å². The minimum absolute atomic E-state index is 0.122. The molecule has 3 aliphatic rings. The number of allylic oxidation sites excluding steroid dienone is 1. The average molecular weight is 520 g/mol. The van der Waals surface area contributed by atoms with Crippen molar-refractivity contribution in [2.45, 2.75) is 68.3 Å². The lowest BCUT2D eigenvalue weighted by Gasteiger charge is -2.44. The highest BCUT2D eigenvalue weighted by molar-refractivity contribution is 7.92. The van der Waals surface area contributed by atoms with E-state index in [4.69, 9.17) is 0 Å². The highest BCUT2D eigenvalue weighted by Crippen LogP contribution is 2.52. The minimum atomic E-state index is -3.36. The van der Waals surface area contributed by atoms with Gasteiger partial charge in [0.1, 0.15) is 11.5 Å². The molecule has 0 amide bonds. The van der Waals surface area contributed by atoms with E-state index in [1.165, 1.54) is 12.1 Å². The Morgan fingerprint density at radius 2 is 1.78 bits per heavy atom. The number of pyridine rings is 1. The molecule has 1 aromatic carbocycles. The van der Waals surface area contributed by atoms with Gasteiger partial charge in [-0.2, -0.15) is 5.10 Å². The monoisotopic (exact) mass is 519 g/mol. The number of Topliss-reactive ketones (excluding diaryl/α,β-unsaturated/α-hetero) is 1. The van der Waals surface area contributed by atoms with Crippen LogP contribution in [0.5, 0.6) is 0 Å². The SMILES string of the molecule is O=C(c1ccccn1)[C@]12Cc3cnn(-c4ccc(F)cc4)c3C=C1CC[C@H](S(=O)(=O)C1CCCCC1)C2. The predicted octanol–water partition coefficient (Wildman–Crippen LogP) is 5.52. The first-order valence-electron chi connectivity index (χ1n) is 13.1. The van der Waals surface area contributed by atoms with Gasteiger partial charge in [-0.15, -0.1) is 0 Å². The van der Waals surface area contributed by atoms with E-state index in [1.54, 1.807) is 47.4 Å². The number of hydrogen-bond donors (Lipinski definition) is 0. The average Bonchev–Trinajstić information content (AvgIpc) is 3.34. The largest absolute Gasteiger partial charge is 0.291 e. The van der Waals surface area contributed by atoms with Gasteiger partial charge in [-0.05, 0) is 86.6 Å². The van der Waals surface area contributed by atoms with Gasteiger partial charge in [-0.1, -0.05) is 30.9 Å². The number of carbonyl (C=O) groups is 1. The molecule has 0 N–H and O–H groups in total. The van der Waals surface area contributed by atoms with E-state index in [0.717, 1.165) is 54.6 Å². The lowest BCUT2D eigenvalue weighted by atomic mass is 9.61. The number of rotatable bonds is 5. The summed E-state index contributed by atoms with van der Waals surface area (Å²) >= 11 is 0. The molecule has 0 unspecified atom stereocenters. The Labute approximate surface area is 216 Å². The van der Waals surface area contributed by atoms with E-state index < -0.39 is 20.5 Å². The fourth-order valence-corrected chi connectivity index (χ4v) is 9.04. The number of fused-ring (bicyclic) bond motifs is 2. The molecule has 0 aliphatic heterocycles. The summed E-state index contributed by atoms with van der Waals surface area (Å²) in [5.74, 6) is -0.441. The number of sulfone groups is 1. The lowest BCUT2D eigenvalue weighted by Crippen LogP contribution is -2.47. The molecule has 6 rings (SSSR count). The highest BCUT2D eigenvalue weighted by atomic mass is 32.2. The number of aromatic nitrogens is 3. The Bertz CT molecular complexity index is 1460. The van der Waals surface area contributed by atoms with Crippen molar-refractivity contribution >= 4 is 21.7 Å². The highest BCUT2D eigenvalue weighted by Gasteiger charge is 2.52.